The number of aromatic nitrogens is 1. The lowest BCUT2D eigenvalue weighted by atomic mass is 9.77. The van der Waals surface area contributed by atoms with Crippen LogP contribution >= 0.6 is 0 Å². The molecule has 0 saturated carbocycles. The Morgan fingerprint density at radius 3 is 2.52 bits per heavy atom. The number of nitrogens with one attached hydrogen (secondary N) is 1. The van der Waals surface area contributed by atoms with Gasteiger partial charge in [0.1, 0.15) is 11.2 Å². The smallest absolute Gasteiger partial charge is 0.234 e. The highest BCUT2D eigenvalue weighted by atomic mass is 19.1. The van der Waals surface area contributed by atoms with Crippen LogP contribution in [-0.2, 0) is 26.3 Å². The van der Waals surface area contributed by atoms with E-state index in [-0.39, 0.29) is 18.2 Å². The number of pyridine rings is 1. The minimum absolute atomic E-state index is 0.234. The van der Waals surface area contributed by atoms with Crippen LogP contribution in [0.2, 0.25) is 0 Å². The number of carbonyl (C=O) groups is 2. The highest BCUT2D eigenvalue weighted by Gasteiger charge is 2.42. The Bertz CT molecular complexity index is 1530. The molecule has 42 heavy (non-hydrogen) atoms. The van der Waals surface area contributed by atoms with Gasteiger partial charge in [-0.1, -0.05) is 44.2 Å². The molecule has 2 amide bonds. The number of amides is 2. The number of ether oxygens (including phenoxy) is 1. The summed E-state index contributed by atoms with van der Waals surface area (Å²) in [5, 5.41) is 23.7. The largest absolute Gasteiger partial charge is 0.388 e. The predicted octanol–water partition coefficient (Wildman–Crippen LogP) is 4.45. The summed E-state index contributed by atoms with van der Waals surface area (Å²) in [4.78, 5) is 30.5. The zero-order chi connectivity index (χ0) is 30.1. The molecule has 3 aliphatic rings. The van der Waals surface area contributed by atoms with Crippen molar-refractivity contribution < 1.29 is 23.8 Å². The van der Waals surface area contributed by atoms with Crippen molar-refractivity contribution in [2.24, 2.45) is 0 Å². The van der Waals surface area contributed by atoms with E-state index in [1.54, 1.807) is 31.3 Å². The number of aliphatic hydroxyl groups is 1. The van der Waals surface area contributed by atoms with E-state index < -0.39 is 28.7 Å². The van der Waals surface area contributed by atoms with Gasteiger partial charge in [-0.25, -0.2) is 4.39 Å². The molecule has 3 unspecified atom stereocenters. The number of β-amino-alcohol motifs (C(OH)–C–C–N with tert-alkyl or cyclic N) is 1. The Kier molecular flexibility index (Phi) is 8.42. The molecule has 3 fully saturated rings. The first-order valence-electron chi connectivity index (χ1n) is 14.6. The fraction of sp³-hybridized carbons (Fsp3) is 0.455. The van der Waals surface area contributed by atoms with E-state index in [0.717, 1.165) is 11.1 Å². The van der Waals surface area contributed by atoms with Crippen LogP contribution in [-0.4, -0.2) is 58.7 Å². The van der Waals surface area contributed by atoms with Crippen LogP contribution in [0.1, 0.15) is 74.1 Å². The Balaban J connectivity index is 0.00000173. The van der Waals surface area contributed by atoms with Gasteiger partial charge in [0.25, 0.3) is 0 Å². The second kappa shape index (κ2) is 11.9. The van der Waals surface area contributed by atoms with E-state index in [1.807, 2.05) is 38.1 Å². The number of nitrogens with zero attached hydrogens (tertiary/aromatic N) is 3. The molecule has 2 N–H and O–H groups in total. The number of nitriles is 1. The van der Waals surface area contributed by atoms with Crippen molar-refractivity contribution in [3.8, 4) is 6.07 Å². The first-order valence-corrected chi connectivity index (χ1v) is 14.6. The lowest BCUT2D eigenvalue weighted by Crippen LogP contribution is -2.50. The molecule has 0 radical (unpaired) electrons. The highest BCUT2D eigenvalue weighted by Crippen LogP contribution is 2.40. The molecule has 0 spiro atoms. The van der Waals surface area contributed by atoms with Crippen molar-refractivity contribution in [3.05, 3.63) is 76.7 Å². The number of piperidine rings is 2. The van der Waals surface area contributed by atoms with Gasteiger partial charge in [0, 0.05) is 37.0 Å². The number of benzene rings is 2. The number of hydrogen-bond acceptors (Lipinski definition) is 7. The summed E-state index contributed by atoms with van der Waals surface area (Å²) in [6.07, 6.45) is 2.74. The van der Waals surface area contributed by atoms with E-state index in [0.29, 0.717) is 67.7 Å². The third-order valence-electron chi connectivity index (χ3n) is 8.72. The van der Waals surface area contributed by atoms with Crippen molar-refractivity contribution in [2.45, 2.75) is 69.4 Å². The molecule has 3 aromatic rings. The topological polar surface area (TPSA) is 116 Å². The second-order valence-electron chi connectivity index (χ2n) is 11.6. The molecular weight excluding hydrogens is 535 g/mol. The number of likely N-dealkylation sites (tertiary alicyclic amines) is 1. The van der Waals surface area contributed by atoms with Crippen LogP contribution in [0.15, 0.2) is 48.7 Å². The van der Waals surface area contributed by atoms with Gasteiger partial charge in [-0.3, -0.25) is 24.8 Å². The maximum atomic E-state index is 16.0. The summed E-state index contributed by atoms with van der Waals surface area (Å²) in [5.74, 6) is -2.08. The minimum Gasteiger partial charge on any atom is -0.388 e. The predicted molar refractivity (Wildman–Crippen MR) is 156 cm³/mol. The van der Waals surface area contributed by atoms with Crippen LogP contribution in [0.4, 0.5) is 4.39 Å². The summed E-state index contributed by atoms with van der Waals surface area (Å²) in [6.45, 7) is 8.28. The zero-order valence-corrected chi connectivity index (χ0v) is 24.3. The van der Waals surface area contributed by atoms with Gasteiger partial charge < -0.3 is 9.84 Å². The van der Waals surface area contributed by atoms with Gasteiger partial charge in [0.15, 0.2) is 0 Å². The van der Waals surface area contributed by atoms with Crippen molar-refractivity contribution >= 4 is 22.7 Å². The summed E-state index contributed by atoms with van der Waals surface area (Å²) >= 11 is 0. The first-order chi connectivity index (χ1) is 20.2. The number of carbonyl (C=O) groups excluding carboxylic acids is 2. The van der Waals surface area contributed by atoms with Crippen molar-refractivity contribution in [3.63, 3.8) is 0 Å². The molecule has 3 saturated heterocycles. The number of hydrogen-bond donors (Lipinski definition) is 2. The van der Waals surface area contributed by atoms with Gasteiger partial charge in [0.05, 0.1) is 36.3 Å². The number of fused-ring (bicyclic) bond motifs is 1. The lowest BCUT2D eigenvalue weighted by Gasteiger charge is -2.43. The summed E-state index contributed by atoms with van der Waals surface area (Å²) < 4.78 is 21.3. The van der Waals surface area contributed by atoms with E-state index in [2.05, 4.69) is 21.3 Å². The molecule has 4 heterocycles. The molecule has 9 heteroatoms. The fourth-order valence-electron chi connectivity index (χ4n) is 6.35. The van der Waals surface area contributed by atoms with Crippen molar-refractivity contribution in [2.75, 3.05) is 26.3 Å². The average molecular weight is 573 g/mol. The van der Waals surface area contributed by atoms with E-state index in [4.69, 9.17) is 4.74 Å². The summed E-state index contributed by atoms with van der Waals surface area (Å²) in [5.41, 5.74) is 1.80. The summed E-state index contributed by atoms with van der Waals surface area (Å²) in [7, 11) is 0. The lowest BCUT2D eigenvalue weighted by molar-refractivity contribution is -0.134. The van der Waals surface area contributed by atoms with E-state index >= 15 is 4.39 Å². The molecule has 3 aliphatic heterocycles. The molecule has 220 valence electrons. The second-order valence-corrected chi connectivity index (χ2v) is 11.6. The van der Waals surface area contributed by atoms with Crippen LogP contribution in [0.3, 0.4) is 0 Å². The highest BCUT2D eigenvalue weighted by molar-refractivity contribution is 6.01. The Labute approximate surface area is 245 Å². The van der Waals surface area contributed by atoms with Crippen LogP contribution in [0.5, 0.6) is 0 Å². The Morgan fingerprint density at radius 1 is 1.17 bits per heavy atom. The van der Waals surface area contributed by atoms with Crippen molar-refractivity contribution in [1.82, 2.24) is 15.2 Å². The average Bonchev–Trinajstić information content (AvgIpc) is 2.95. The molecular formula is C33H37FN4O4. The maximum absolute atomic E-state index is 16.0. The van der Waals surface area contributed by atoms with E-state index in [1.165, 1.54) is 0 Å². The van der Waals surface area contributed by atoms with Crippen LogP contribution in [0, 0.1) is 17.1 Å². The normalized spacial score (nSPS) is 25.5. The van der Waals surface area contributed by atoms with E-state index in [9.17, 15) is 20.0 Å². The Hall–Kier alpha value is -3.71. The number of imide groups is 1. The third kappa shape index (κ3) is 5.54. The Morgan fingerprint density at radius 2 is 1.90 bits per heavy atom. The fourth-order valence-corrected chi connectivity index (χ4v) is 6.35. The number of rotatable bonds is 5. The SMILES string of the molecule is CC.CC1(O)CN(Cc2ccc(C3(C#N)COC3)cc2)CCC1c1ccc2ncc(C3CCC(=O)NC3=O)cc2c1F. The van der Waals surface area contributed by atoms with Crippen molar-refractivity contribution in [1.29, 1.82) is 5.26 Å². The minimum atomic E-state index is -1.17. The monoisotopic (exact) mass is 572 g/mol. The van der Waals surface area contributed by atoms with Gasteiger partial charge in [0.2, 0.25) is 11.8 Å². The zero-order valence-electron chi connectivity index (χ0n) is 24.3. The maximum Gasteiger partial charge on any atom is 0.234 e. The molecule has 2 aromatic carbocycles. The molecule has 1 aromatic heterocycles. The van der Waals surface area contributed by atoms with Gasteiger partial charge >= 0.3 is 0 Å². The van der Waals surface area contributed by atoms with Gasteiger partial charge in [-0.2, -0.15) is 5.26 Å². The summed E-state index contributed by atoms with van der Waals surface area (Å²) in [6, 6.07) is 15.5. The van der Waals surface area contributed by atoms with Gasteiger partial charge in [-0.05, 0) is 60.7 Å². The van der Waals surface area contributed by atoms with Crippen LogP contribution in [0.25, 0.3) is 10.9 Å². The first kappa shape index (κ1) is 29.8. The molecule has 6 rings (SSSR count). The quantitative estimate of drug-likeness (QED) is 0.434. The molecule has 8 nitrogen and oxygen atoms in total. The third-order valence-corrected chi connectivity index (χ3v) is 8.72. The number of halogens is 1. The molecule has 0 aliphatic carbocycles. The molecule has 0 bridgehead atoms. The standard InChI is InChI=1S/C31H31FN4O4.C2H6/c1-30(39)16-36(14-19-2-4-21(5-3-19)31(15-33)17-40-18-31)11-10-25(30)23-6-8-26-24(28(23)32)12-20(13-34-26)22-7-9-27(37)35-29(22)38;1-2/h2-6,8,12-13,22,25,39H,7,9-11,14,16-18H2,1H3,(H,35,37,38);1-2H3. The molecule has 3 atom stereocenters. The van der Waals surface area contributed by atoms with Crippen LogP contribution < -0.4 is 5.32 Å². The van der Waals surface area contributed by atoms with Gasteiger partial charge in [-0.15, -0.1) is 0 Å².